The van der Waals surface area contributed by atoms with Gasteiger partial charge in [-0.25, -0.2) is 4.79 Å². The van der Waals surface area contributed by atoms with E-state index >= 15 is 0 Å². The molecule has 1 amide bonds. The molecule has 0 aromatic heterocycles. The lowest BCUT2D eigenvalue weighted by molar-refractivity contribution is -0.265. The van der Waals surface area contributed by atoms with Gasteiger partial charge in [-0.3, -0.25) is 19.2 Å². The standard InChI is InChI=1S/C52H79NO13/c1-31-17-13-12-14-18-32(2)43(62-9)29-39-22-20-36(6)52(61,65-39)48(58)49(59)53-24-16-15-19-40(53)50(60)66-51(8,37(7)27-38-21-23-41(54)44(28-38)63-10)30-42(55)33(3)26-35(5)46(57)47(64-11)45(56)34(4)25-31/h12-14,17-18,26,33-34,36-41,43-44,46-47,54,57,61H,1,15-16,19-25,27-30H2,2-11H3/b14-12+,17-13+,32-18+,35-26+/t33-,34-,36-,37?,38+,39?,40?,41-,43+,44-,46-,47+,51+,52-/m1/s1. The molecule has 2 bridgehead atoms. The van der Waals surface area contributed by atoms with Crippen molar-refractivity contribution in [1.82, 2.24) is 4.90 Å². The third-order valence-corrected chi connectivity index (χ3v) is 14.8. The molecule has 1 saturated carbocycles. The van der Waals surface area contributed by atoms with Crippen molar-refractivity contribution in [2.24, 2.45) is 29.6 Å². The van der Waals surface area contributed by atoms with E-state index in [4.69, 9.17) is 23.7 Å². The Morgan fingerprint density at radius 2 is 1.61 bits per heavy atom. The number of amides is 1. The fourth-order valence-electron chi connectivity index (χ4n) is 10.1. The molecule has 2 saturated heterocycles. The van der Waals surface area contributed by atoms with E-state index in [-0.39, 0.29) is 43.0 Å². The Labute approximate surface area is 392 Å². The Kier molecular flexibility index (Phi) is 20.5. The first-order valence-electron chi connectivity index (χ1n) is 24.0. The summed E-state index contributed by atoms with van der Waals surface area (Å²) in [6.45, 7) is 16.4. The topological polar surface area (TPSA) is 195 Å². The zero-order chi connectivity index (χ0) is 49.1. The van der Waals surface area contributed by atoms with Crippen LogP contribution in [0.4, 0.5) is 0 Å². The number of ketones is 3. The molecular formula is C52H79NO13. The van der Waals surface area contributed by atoms with Gasteiger partial charge in [-0.2, -0.15) is 0 Å². The second-order valence-corrected chi connectivity index (χ2v) is 19.9. The van der Waals surface area contributed by atoms with Crippen molar-refractivity contribution in [3.8, 4) is 0 Å². The van der Waals surface area contributed by atoms with E-state index in [1.165, 1.54) is 12.0 Å². The molecule has 0 spiro atoms. The van der Waals surface area contributed by atoms with Gasteiger partial charge in [0, 0.05) is 58.5 Å². The van der Waals surface area contributed by atoms with Gasteiger partial charge in [0.25, 0.3) is 11.7 Å². The highest BCUT2D eigenvalue weighted by Crippen LogP contribution is 2.40. The van der Waals surface area contributed by atoms with Crippen molar-refractivity contribution in [1.29, 1.82) is 0 Å². The molecule has 4 rings (SSSR count). The van der Waals surface area contributed by atoms with Crippen LogP contribution in [0.1, 0.15) is 126 Å². The van der Waals surface area contributed by atoms with Crippen molar-refractivity contribution in [2.75, 3.05) is 27.9 Å². The highest BCUT2D eigenvalue weighted by molar-refractivity contribution is 6.39. The van der Waals surface area contributed by atoms with E-state index in [2.05, 4.69) is 6.58 Å². The Hall–Kier alpha value is -3.63. The quantitative estimate of drug-likeness (QED) is 0.149. The minimum atomic E-state index is -2.44. The largest absolute Gasteiger partial charge is 0.457 e. The summed E-state index contributed by atoms with van der Waals surface area (Å²) >= 11 is 0. The monoisotopic (exact) mass is 926 g/mol. The molecule has 1 aliphatic carbocycles. The van der Waals surface area contributed by atoms with Crippen molar-refractivity contribution in [3.05, 3.63) is 59.8 Å². The number of carbonyl (C=O) groups is 5. The molecule has 3 unspecified atom stereocenters. The molecule has 3 fully saturated rings. The number of hydrogen-bond donors (Lipinski definition) is 3. The zero-order valence-corrected chi connectivity index (χ0v) is 41.2. The minimum Gasteiger partial charge on any atom is -0.457 e. The summed E-state index contributed by atoms with van der Waals surface area (Å²) < 4.78 is 29.6. The second kappa shape index (κ2) is 24.6. The number of hydrogen-bond acceptors (Lipinski definition) is 13. The van der Waals surface area contributed by atoms with Crippen LogP contribution in [0.25, 0.3) is 0 Å². The predicted octanol–water partition coefficient (Wildman–Crippen LogP) is 6.49. The maximum atomic E-state index is 14.6. The lowest BCUT2D eigenvalue weighted by atomic mass is 9.74. The fraction of sp³-hybridized carbons (Fsp3) is 0.712. The molecule has 66 heavy (non-hydrogen) atoms. The van der Waals surface area contributed by atoms with Gasteiger partial charge in [0.15, 0.2) is 5.78 Å². The molecule has 0 aromatic carbocycles. The maximum absolute atomic E-state index is 14.6. The highest BCUT2D eigenvalue weighted by Gasteiger charge is 2.53. The number of aliphatic hydroxyl groups excluding tert-OH is 2. The summed E-state index contributed by atoms with van der Waals surface area (Å²) in [5, 5.41) is 33.9. The van der Waals surface area contributed by atoms with Gasteiger partial charge in [-0.1, -0.05) is 76.3 Å². The third kappa shape index (κ3) is 13.8. The molecule has 0 radical (unpaired) electrons. The zero-order valence-electron chi connectivity index (χ0n) is 41.2. The van der Waals surface area contributed by atoms with Crippen LogP contribution in [0.15, 0.2) is 59.8 Å². The first-order valence-corrected chi connectivity index (χ1v) is 24.0. The van der Waals surface area contributed by atoms with Crippen LogP contribution in [-0.2, 0) is 47.7 Å². The number of allylic oxidation sites excluding steroid dienone is 7. The summed E-state index contributed by atoms with van der Waals surface area (Å²) in [6, 6.07) is -1.17. The number of carbonyl (C=O) groups excluding carboxylic acids is 5. The molecule has 370 valence electrons. The van der Waals surface area contributed by atoms with Crippen LogP contribution in [0.2, 0.25) is 0 Å². The SMILES string of the molecule is C=C1/C=C/C=C/C=C(\C)[C@@H](OC)CC2CC[C@@H](C)[C@@](O)(O2)C(=O)C(=O)N2CCCCC2C(=O)O[C@](C)(C(C)C[C@@H]2CC[C@@H](O)[C@H](OC)C2)CC(=O)[C@H](C)/C=C(\C)[C@@H](O)[C@@H](OC)C(=O)[C@H](C)C1. The van der Waals surface area contributed by atoms with Gasteiger partial charge in [-0.05, 0) is 108 Å². The normalized spacial score (nSPS) is 40.0. The Morgan fingerprint density at radius 1 is 0.894 bits per heavy atom. The van der Waals surface area contributed by atoms with E-state index < -0.39 is 89.3 Å². The second-order valence-electron chi connectivity index (χ2n) is 19.9. The van der Waals surface area contributed by atoms with E-state index in [1.54, 1.807) is 67.1 Å². The van der Waals surface area contributed by atoms with Crippen molar-refractivity contribution < 1.29 is 63.0 Å². The molecular weight excluding hydrogens is 847 g/mol. The first kappa shape index (κ1) is 55.0. The number of methoxy groups -OCH3 is 3. The minimum absolute atomic E-state index is 0.0754. The molecule has 0 aromatic rings. The van der Waals surface area contributed by atoms with Crippen LogP contribution < -0.4 is 0 Å². The van der Waals surface area contributed by atoms with E-state index in [1.807, 2.05) is 32.1 Å². The highest BCUT2D eigenvalue weighted by atomic mass is 16.6. The molecule has 14 nitrogen and oxygen atoms in total. The van der Waals surface area contributed by atoms with Crippen molar-refractivity contribution in [2.45, 2.75) is 180 Å². The van der Waals surface area contributed by atoms with Crippen LogP contribution in [0.5, 0.6) is 0 Å². The fourth-order valence-corrected chi connectivity index (χ4v) is 10.1. The average molecular weight is 926 g/mol. The van der Waals surface area contributed by atoms with Gasteiger partial charge < -0.3 is 43.9 Å². The number of Topliss-reactive ketones (excluding diaryl/α,β-unsaturated/α-hetero) is 3. The van der Waals surface area contributed by atoms with Crippen molar-refractivity contribution in [3.63, 3.8) is 0 Å². The Balaban J connectivity index is 1.74. The summed E-state index contributed by atoms with van der Waals surface area (Å²) in [4.78, 5) is 72.3. The molecule has 14 atom stereocenters. The molecule has 3 aliphatic heterocycles. The molecule has 3 N–H and O–H groups in total. The smallest absolute Gasteiger partial charge is 0.329 e. The number of aliphatic hydroxyl groups is 3. The summed E-state index contributed by atoms with van der Waals surface area (Å²) in [6.07, 6.45) is 11.1. The molecule has 4 aliphatic rings. The number of rotatable bonds is 6. The van der Waals surface area contributed by atoms with Crippen LogP contribution in [0, 0.1) is 29.6 Å². The van der Waals surface area contributed by atoms with Gasteiger partial charge in [0.2, 0.25) is 5.79 Å². The van der Waals surface area contributed by atoms with Gasteiger partial charge >= 0.3 is 5.97 Å². The lowest BCUT2D eigenvalue weighted by Crippen LogP contribution is -2.61. The average Bonchev–Trinajstić information content (AvgIpc) is 3.28. The number of piperidine rings is 1. The van der Waals surface area contributed by atoms with E-state index in [0.717, 1.165) is 5.57 Å². The van der Waals surface area contributed by atoms with Crippen LogP contribution in [0.3, 0.4) is 0 Å². The third-order valence-electron chi connectivity index (χ3n) is 14.8. The molecule has 14 heteroatoms. The Bertz CT molecular complexity index is 1850. The summed E-state index contributed by atoms with van der Waals surface area (Å²) in [5.74, 6) is -8.36. The number of nitrogens with zero attached hydrogens (tertiary/aromatic N) is 1. The van der Waals surface area contributed by atoms with E-state index in [0.29, 0.717) is 75.4 Å². The number of esters is 1. The Morgan fingerprint density at radius 3 is 2.27 bits per heavy atom. The lowest BCUT2D eigenvalue weighted by Gasteiger charge is -2.43. The van der Waals surface area contributed by atoms with Crippen molar-refractivity contribution >= 4 is 29.2 Å². The number of cyclic esters (lactones) is 1. The first-order chi connectivity index (χ1) is 31.1. The van der Waals surface area contributed by atoms with Gasteiger partial charge in [0.1, 0.15) is 29.6 Å². The van der Waals surface area contributed by atoms with Crippen LogP contribution in [-0.4, -0.2) is 131 Å². The summed E-state index contributed by atoms with van der Waals surface area (Å²) in [5.41, 5.74) is 0.504. The summed E-state index contributed by atoms with van der Waals surface area (Å²) in [7, 11) is 4.49. The van der Waals surface area contributed by atoms with Gasteiger partial charge in [-0.15, -0.1) is 0 Å². The molecule has 3 heterocycles. The van der Waals surface area contributed by atoms with E-state index in [9.17, 15) is 39.3 Å². The predicted molar refractivity (Wildman–Crippen MR) is 250 cm³/mol. The number of fused-ring (bicyclic) bond motifs is 3. The van der Waals surface area contributed by atoms with Crippen LogP contribution >= 0.6 is 0 Å². The maximum Gasteiger partial charge on any atom is 0.329 e. The van der Waals surface area contributed by atoms with Gasteiger partial charge in [0.05, 0.1) is 24.4 Å². The number of ether oxygens (including phenoxy) is 5.